The molecule has 164 valence electrons. The van der Waals surface area contributed by atoms with Crippen LogP contribution < -0.4 is 0 Å². The van der Waals surface area contributed by atoms with Crippen molar-refractivity contribution in [2.24, 2.45) is 0 Å². The van der Waals surface area contributed by atoms with Crippen molar-refractivity contribution in [3.8, 4) is 0 Å². The number of benzene rings is 2. The topological polar surface area (TPSA) is 0 Å². The minimum absolute atomic E-state index is 0. The van der Waals surface area contributed by atoms with Crippen molar-refractivity contribution < 1.29 is 19.2 Å². The summed E-state index contributed by atoms with van der Waals surface area (Å²) in [6.45, 7) is 4.44. The van der Waals surface area contributed by atoms with Crippen molar-refractivity contribution in [1.82, 2.24) is 0 Å². The standard InChI is InChI=1S/2C12H13.2CH3.2ClH.Si.Ti/c2*1-2-5-10-8-11-6-3-4-7-12(11)9-10;;;;;;/h2*3-4,6-9H,2,5H2,1H3;2*1H3;2*1H;;/q4*-1;;;;. The zero-order chi connectivity index (χ0) is 18.8. The Labute approximate surface area is 210 Å². The molecule has 0 aliphatic carbocycles. The van der Waals surface area contributed by atoms with Crippen molar-refractivity contribution in [2.75, 3.05) is 0 Å². The van der Waals surface area contributed by atoms with Crippen LogP contribution in [0.15, 0.2) is 72.8 Å². The number of fused-ring (bicyclic) bond motifs is 2. The van der Waals surface area contributed by atoms with E-state index in [1.54, 1.807) is 19.2 Å². The van der Waals surface area contributed by atoms with Crippen LogP contribution in [0.25, 0.3) is 21.5 Å². The number of hydrogen-bond acceptors (Lipinski definition) is 0. The number of aryl methyl sites for hydroxylation is 2. The van der Waals surface area contributed by atoms with Gasteiger partial charge in [0.15, 0.2) is 0 Å². The average molecular weight is 493 g/mol. The molecule has 4 heteroatoms. The molecular weight excluding hydrogens is 459 g/mol. The molecule has 0 nitrogen and oxygen atoms in total. The quantitative estimate of drug-likeness (QED) is 0.198. The van der Waals surface area contributed by atoms with Crippen LogP contribution in [0, 0.1) is 14.9 Å². The van der Waals surface area contributed by atoms with Gasteiger partial charge < -0.3 is 14.9 Å². The molecule has 2 radical (unpaired) electrons. The molecule has 0 fully saturated rings. The summed E-state index contributed by atoms with van der Waals surface area (Å²) in [5.74, 6) is 0. The monoisotopic (exact) mass is 492 g/mol. The second-order valence-electron chi connectivity index (χ2n) is 6.49. The van der Waals surface area contributed by atoms with Gasteiger partial charge in [-0.1, -0.05) is 38.8 Å². The van der Waals surface area contributed by atoms with E-state index in [4.69, 9.17) is 0 Å². The third-order valence-electron chi connectivity index (χ3n) is 4.43. The summed E-state index contributed by atoms with van der Waals surface area (Å²) >= 11 is 1.81. The van der Waals surface area contributed by atoms with E-state index in [1.807, 2.05) is 0 Å². The van der Waals surface area contributed by atoms with Crippen LogP contribution in [-0.4, -0.2) is 7.63 Å². The molecule has 4 aromatic carbocycles. The zero-order valence-corrected chi connectivity index (χ0v) is 22.8. The number of hydrogen-bond donors (Lipinski definition) is 0. The first-order valence-electron chi connectivity index (χ1n) is 9.34. The molecule has 0 unspecified atom stereocenters. The van der Waals surface area contributed by atoms with E-state index in [2.05, 4.69) is 94.3 Å². The van der Waals surface area contributed by atoms with Crippen molar-refractivity contribution in [1.29, 1.82) is 0 Å². The van der Waals surface area contributed by atoms with Crippen LogP contribution in [0.2, 0.25) is 0 Å². The van der Waals surface area contributed by atoms with Gasteiger partial charge in [0.2, 0.25) is 0 Å². The van der Waals surface area contributed by atoms with Crippen LogP contribution >= 0.6 is 24.8 Å². The molecule has 0 atom stereocenters. The van der Waals surface area contributed by atoms with Gasteiger partial charge in [-0.2, -0.15) is 12.1 Å². The van der Waals surface area contributed by atoms with Gasteiger partial charge in [0, 0.05) is 0 Å². The third kappa shape index (κ3) is 9.99. The van der Waals surface area contributed by atoms with Gasteiger partial charge in [-0.05, 0) is 12.8 Å². The van der Waals surface area contributed by atoms with Gasteiger partial charge in [0.1, 0.15) is 0 Å². The first kappa shape index (κ1) is 33.8. The van der Waals surface area contributed by atoms with Crippen LogP contribution in [0.4, 0.5) is 0 Å². The molecule has 0 saturated carbocycles. The van der Waals surface area contributed by atoms with Gasteiger partial charge in [0.25, 0.3) is 0 Å². The van der Waals surface area contributed by atoms with Crippen molar-refractivity contribution in [3.63, 3.8) is 0 Å². The van der Waals surface area contributed by atoms with E-state index in [-0.39, 0.29) is 39.7 Å². The molecule has 0 amide bonds. The first-order valence-corrected chi connectivity index (χ1v) is 12.2. The van der Waals surface area contributed by atoms with Gasteiger partial charge in [-0.3, -0.25) is 0 Å². The second kappa shape index (κ2) is 18.9. The summed E-state index contributed by atoms with van der Waals surface area (Å²) in [6.07, 6.45) is 4.87. The van der Waals surface area contributed by atoms with Crippen LogP contribution in [-0.2, 0) is 32.0 Å². The molecular formula is C26H34Cl2SiTi-4. The molecule has 0 spiro atoms. The summed E-state index contributed by atoms with van der Waals surface area (Å²) in [4.78, 5) is 0. The number of halogens is 2. The molecule has 0 N–H and O–H groups in total. The van der Waals surface area contributed by atoms with Gasteiger partial charge >= 0.3 is 26.8 Å². The van der Waals surface area contributed by atoms with Crippen LogP contribution in [0.5, 0.6) is 0 Å². The fraction of sp³-hybridized carbons (Fsp3) is 0.231. The summed E-state index contributed by atoms with van der Waals surface area (Å²) in [6, 6.07) is 26.2. The molecule has 4 rings (SSSR count). The Balaban J connectivity index is -0.000000400. The van der Waals surface area contributed by atoms with E-state index < -0.39 is 0 Å². The SMILES string of the molecule is CCCc1cc2ccccc2[cH-]1.CCCc1cc2ccccc2[cH-]1.Cl.Cl.[CH3-].[CH3-].[Si]=[Ti]. The summed E-state index contributed by atoms with van der Waals surface area (Å²) in [5, 5.41) is 5.50. The summed E-state index contributed by atoms with van der Waals surface area (Å²) < 4.78 is 0. The normalized spacial score (nSPS) is 8.70. The molecule has 0 saturated heterocycles. The molecule has 0 aliphatic rings. The van der Waals surface area contributed by atoms with Crippen molar-refractivity contribution >= 4 is 54.0 Å². The Hall–Kier alpha value is -0.829. The first-order chi connectivity index (χ1) is 12.8. The fourth-order valence-corrected chi connectivity index (χ4v) is 3.30. The summed E-state index contributed by atoms with van der Waals surface area (Å²) in [5.41, 5.74) is 2.94. The molecule has 0 aliphatic heterocycles. The summed E-state index contributed by atoms with van der Waals surface area (Å²) in [7, 11) is 2.97. The fourth-order valence-electron chi connectivity index (χ4n) is 3.30. The molecule has 0 bridgehead atoms. The average Bonchev–Trinajstić information content (AvgIpc) is 3.27. The van der Waals surface area contributed by atoms with Crippen LogP contribution in [0.3, 0.4) is 0 Å². The Kier molecular flexibility index (Phi) is 21.3. The van der Waals surface area contributed by atoms with Crippen molar-refractivity contribution in [3.05, 3.63) is 98.8 Å². The predicted octanol–water partition coefficient (Wildman–Crippen LogP) is 8.38. The van der Waals surface area contributed by atoms with Crippen molar-refractivity contribution in [2.45, 2.75) is 39.5 Å². The van der Waals surface area contributed by atoms with E-state index in [9.17, 15) is 0 Å². The zero-order valence-electron chi connectivity index (χ0n) is 18.6. The van der Waals surface area contributed by atoms with Gasteiger partial charge in [-0.25, -0.2) is 0 Å². The van der Waals surface area contributed by atoms with E-state index >= 15 is 0 Å². The maximum atomic E-state index is 2.97. The third-order valence-corrected chi connectivity index (χ3v) is 4.43. The van der Waals surface area contributed by atoms with Gasteiger partial charge in [0.05, 0.1) is 0 Å². The van der Waals surface area contributed by atoms with Gasteiger partial charge in [-0.15, -0.1) is 106 Å². The Morgan fingerprint density at radius 3 is 1.30 bits per heavy atom. The van der Waals surface area contributed by atoms with E-state index in [1.165, 1.54) is 58.4 Å². The molecule has 30 heavy (non-hydrogen) atoms. The minimum atomic E-state index is 0. The molecule has 0 heterocycles. The Morgan fingerprint density at radius 1 is 0.667 bits per heavy atom. The van der Waals surface area contributed by atoms with Crippen LogP contribution in [0.1, 0.15) is 37.8 Å². The van der Waals surface area contributed by atoms with E-state index in [0.717, 1.165) is 0 Å². The maximum absolute atomic E-state index is 2.97. The molecule has 4 aromatic rings. The number of rotatable bonds is 4. The Morgan fingerprint density at radius 2 is 1.00 bits per heavy atom. The van der Waals surface area contributed by atoms with E-state index in [0.29, 0.717) is 0 Å². The predicted molar refractivity (Wildman–Crippen MR) is 140 cm³/mol. The Bertz CT molecular complexity index is 785. The second-order valence-corrected chi connectivity index (χ2v) is 6.49. The molecule has 0 aromatic heterocycles.